The van der Waals surface area contributed by atoms with Crippen LogP contribution < -0.4 is 15.5 Å². The number of hydrogen-bond donors (Lipinski definition) is 3. The Morgan fingerprint density at radius 3 is 2.58 bits per heavy atom. The lowest BCUT2D eigenvalue weighted by atomic mass is 9.81. The first kappa shape index (κ1) is 26.8. The molecule has 3 N–H and O–H groups in total. The number of aromatic nitrogens is 1. The average molecular weight is 567 g/mol. The Labute approximate surface area is 235 Å². The molecule has 10 heteroatoms. The maximum Gasteiger partial charge on any atom is 0.268 e. The molecule has 2 aromatic carbocycles. The van der Waals surface area contributed by atoms with Crippen LogP contribution in [0.15, 0.2) is 67.0 Å². The molecule has 3 aromatic rings. The van der Waals surface area contributed by atoms with E-state index in [1.165, 1.54) is 23.2 Å². The van der Waals surface area contributed by atoms with Gasteiger partial charge in [0.05, 0.1) is 11.3 Å². The van der Waals surface area contributed by atoms with E-state index in [1.54, 1.807) is 42.6 Å². The van der Waals surface area contributed by atoms with E-state index < -0.39 is 34.1 Å². The minimum Gasteiger partial charge on any atom is -0.372 e. The summed E-state index contributed by atoms with van der Waals surface area (Å²) >= 11 is 6.91. The highest BCUT2D eigenvalue weighted by molar-refractivity contribution is 6.21. The van der Waals surface area contributed by atoms with Gasteiger partial charge in [0.25, 0.3) is 11.8 Å². The third-order valence-electron chi connectivity index (χ3n) is 8.20. The summed E-state index contributed by atoms with van der Waals surface area (Å²) in [4.78, 5) is 32.2. The number of amides is 2. The summed E-state index contributed by atoms with van der Waals surface area (Å²) in [6, 6.07) is 13.5. The fourth-order valence-corrected chi connectivity index (χ4v) is 6.34. The molecule has 0 spiro atoms. The summed E-state index contributed by atoms with van der Waals surface area (Å²) in [6.07, 6.45) is 6.27. The number of fused-ring (bicyclic) bond motifs is 1. The predicted octanol–water partition coefficient (Wildman–Crippen LogP) is 3.88. The van der Waals surface area contributed by atoms with Crippen molar-refractivity contribution in [3.8, 4) is 0 Å². The van der Waals surface area contributed by atoms with Crippen LogP contribution in [0, 0.1) is 17.6 Å². The lowest BCUT2D eigenvalue weighted by Gasteiger charge is -2.41. The number of halogens is 3. The molecule has 208 valence electrons. The van der Waals surface area contributed by atoms with Crippen molar-refractivity contribution in [3.05, 3.63) is 95.3 Å². The van der Waals surface area contributed by atoms with Gasteiger partial charge in [0.15, 0.2) is 17.2 Å². The molecule has 2 fully saturated rings. The summed E-state index contributed by atoms with van der Waals surface area (Å²) in [5.41, 5.74) is -1.71. The molecule has 5 atom stereocenters. The Balaban J connectivity index is 1.25. The zero-order valence-corrected chi connectivity index (χ0v) is 22.3. The smallest absolute Gasteiger partial charge is 0.268 e. The molecule has 2 amide bonds. The SMILES string of the molecule is O=C(N[C@@H]1C[C@@H](Cl)[C@@H](CN2C(=O)[C@](O)(c3cccc(F)c3F)c3ccccc32)C[C@H]1NC1CC1)c1cccnc1. The van der Waals surface area contributed by atoms with Gasteiger partial charge < -0.3 is 20.6 Å². The van der Waals surface area contributed by atoms with Crippen molar-refractivity contribution in [1.82, 2.24) is 15.6 Å². The van der Waals surface area contributed by atoms with E-state index in [2.05, 4.69) is 15.6 Å². The normalized spacial score (nSPS) is 27.9. The van der Waals surface area contributed by atoms with Crippen LogP contribution in [-0.4, -0.2) is 52.0 Å². The highest BCUT2D eigenvalue weighted by atomic mass is 35.5. The van der Waals surface area contributed by atoms with Gasteiger partial charge in [-0.15, -0.1) is 11.6 Å². The standard InChI is InChI=1S/C30H29ClF2N4O3/c31-22-14-25(36-28(38)17-5-4-12-34-15-17)24(35-19-10-11-19)13-18(22)16-37-26-9-2-1-6-20(26)30(40,29(37)39)21-7-3-8-23(32)27(21)33/h1-9,12,15,18-19,22,24-25,35,40H,10-11,13-14,16H2,(H,36,38)/t18-,22-,24-,25-,30-/m1/s1. The molecule has 7 nitrogen and oxygen atoms in total. The van der Waals surface area contributed by atoms with E-state index >= 15 is 0 Å². The number of alkyl halides is 1. The molecule has 0 bridgehead atoms. The number of aliphatic hydroxyl groups is 1. The first-order valence-corrected chi connectivity index (χ1v) is 13.9. The van der Waals surface area contributed by atoms with Crippen LogP contribution in [0.3, 0.4) is 0 Å². The van der Waals surface area contributed by atoms with Crippen molar-refractivity contribution in [3.63, 3.8) is 0 Å². The fraction of sp³-hybridized carbons (Fsp3) is 0.367. The molecule has 6 rings (SSSR count). The highest BCUT2D eigenvalue weighted by Gasteiger charge is 2.53. The number of pyridine rings is 1. The van der Waals surface area contributed by atoms with Gasteiger partial charge in [0.2, 0.25) is 0 Å². The molecule has 1 aromatic heterocycles. The third-order valence-corrected chi connectivity index (χ3v) is 8.73. The van der Waals surface area contributed by atoms with Gasteiger partial charge >= 0.3 is 0 Å². The monoisotopic (exact) mass is 566 g/mol. The number of para-hydroxylation sites is 1. The van der Waals surface area contributed by atoms with Crippen molar-refractivity contribution in [2.75, 3.05) is 11.4 Å². The zero-order chi connectivity index (χ0) is 28.0. The van der Waals surface area contributed by atoms with Crippen LogP contribution in [0.25, 0.3) is 0 Å². The molecular formula is C30H29ClF2N4O3. The van der Waals surface area contributed by atoms with E-state index in [1.807, 2.05) is 0 Å². The van der Waals surface area contributed by atoms with Crippen molar-refractivity contribution in [1.29, 1.82) is 0 Å². The van der Waals surface area contributed by atoms with Gasteiger partial charge in [-0.25, -0.2) is 8.78 Å². The van der Waals surface area contributed by atoms with Crippen LogP contribution in [0.4, 0.5) is 14.5 Å². The van der Waals surface area contributed by atoms with Crippen molar-refractivity contribution in [2.24, 2.45) is 5.92 Å². The largest absolute Gasteiger partial charge is 0.372 e. The minimum atomic E-state index is -2.37. The third kappa shape index (κ3) is 4.76. The predicted molar refractivity (Wildman–Crippen MR) is 146 cm³/mol. The van der Waals surface area contributed by atoms with Gasteiger partial charge in [-0.1, -0.05) is 30.3 Å². The lowest BCUT2D eigenvalue weighted by molar-refractivity contribution is -0.132. The van der Waals surface area contributed by atoms with Gasteiger partial charge in [-0.3, -0.25) is 14.6 Å². The second-order valence-corrected chi connectivity index (χ2v) is 11.4. The number of anilines is 1. The van der Waals surface area contributed by atoms with Crippen LogP contribution in [0.1, 0.15) is 47.2 Å². The van der Waals surface area contributed by atoms with E-state index in [4.69, 9.17) is 11.6 Å². The molecule has 1 aliphatic heterocycles. The van der Waals surface area contributed by atoms with Crippen molar-refractivity contribution >= 4 is 29.1 Å². The molecule has 2 heterocycles. The van der Waals surface area contributed by atoms with Gasteiger partial charge in [-0.05, 0) is 55.9 Å². The number of rotatable bonds is 7. The summed E-state index contributed by atoms with van der Waals surface area (Å²) in [7, 11) is 0. The summed E-state index contributed by atoms with van der Waals surface area (Å²) in [5.74, 6) is -3.57. The topological polar surface area (TPSA) is 94.6 Å². The van der Waals surface area contributed by atoms with E-state index in [9.17, 15) is 23.5 Å². The van der Waals surface area contributed by atoms with Gasteiger partial charge in [0, 0.05) is 53.6 Å². The van der Waals surface area contributed by atoms with Crippen LogP contribution in [0.2, 0.25) is 0 Å². The summed E-state index contributed by atoms with van der Waals surface area (Å²) in [6.45, 7) is 0.176. The molecule has 2 aliphatic carbocycles. The second-order valence-electron chi connectivity index (χ2n) is 10.9. The van der Waals surface area contributed by atoms with E-state index in [0.717, 1.165) is 18.9 Å². The zero-order valence-electron chi connectivity index (χ0n) is 21.6. The van der Waals surface area contributed by atoms with Crippen LogP contribution >= 0.6 is 11.6 Å². The van der Waals surface area contributed by atoms with E-state index in [-0.39, 0.29) is 36.0 Å². The Morgan fingerprint density at radius 1 is 1.05 bits per heavy atom. The minimum absolute atomic E-state index is 0.0828. The molecule has 40 heavy (non-hydrogen) atoms. The molecule has 0 saturated heterocycles. The van der Waals surface area contributed by atoms with Crippen LogP contribution in [-0.2, 0) is 10.4 Å². The lowest BCUT2D eigenvalue weighted by Crippen LogP contribution is -2.57. The highest BCUT2D eigenvalue weighted by Crippen LogP contribution is 2.46. The van der Waals surface area contributed by atoms with Crippen LogP contribution in [0.5, 0.6) is 0 Å². The average Bonchev–Trinajstić information content (AvgIpc) is 3.75. The number of benzene rings is 2. The Kier molecular flexibility index (Phi) is 7.06. The van der Waals surface area contributed by atoms with Crippen molar-refractivity contribution in [2.45, 2.75) is 54.8 Å². The Hall–Kier alpha value is -3.40. The first-order valence-electron chi connectivity index (χ1n) is 13.5. The number of nitrogens with zero attached hydrogens (tertiary/aromatic N) is 2. The number of nitrogens with one attached hydrogen (secondary N) is 2. The second kappa shape index (κ2) is 10.5. The van der Waals surface area contributed by atoms with Crippen molar-refractivity contribution < 1.29 is 23.5 Å². The number of carbonyl (C=O) groups excluding carboxylic acids is 2. The quantitative estimate of drug-likeness (QED) is 0.377. The Bertz CT molecular complexity index is 1440. The molecular weight excluding hydrogens is 538 g/mol. The maximum absolute atomic E-state index is 14.9. The van der Waals surface area contributed by atoms with Gasteiger partial charge in [0.1, 0.15) is 0 Å². The molecule has 2 saturated carbocycles. The maximum atomic E-state index is 14.9. The molecule has 0 radical (unpaired) electrons. The number of hydrogen-bond acceptors (Lipinski definition) is 5. The Morgan fingerprint density at radius 2 is 1.82 bits per heavy atom. The molecule has 0 unspecified atom stereocenters. The fourth-order valence-electron chi connectivity index (χ4n) is 5.97. The number of carbonyl (C=O) groups is 2. The van der Waals surface area contributed by atoms with E-state index in [0.29, 0.717) is 30.1 Å². The first-order chi connectivity index (χ1) is 19.3. The van der Waals surface area contributed by atoms with Gasteiger partial charge in [-0.2, -0.15) is 0 Å². The molecule has 3 aliphatic rings. The summed E-state index contributed by atoms with van der Waals surface area (Å²) < 4.78 is 29.0. The summed E-state index contributed by atoms with van der Waals surface area (Å²) in [5, 5.41) is 18.0.